The van der Waals surface area contributed by atoms with E-state index in [1.54, 1.807) is 23.1 Å². The maximum atomic E-state index is 12.2. The first-order valence-electron chi connectivity index (χ1n) is 5.78. The van der Waals surface area contributed by atoms with Crippen molar-refractivity contribution in [1.82, 2.24) is 4.90 Å². The molecule has 0 spiro atoms. The zero-order chi connectivity index (χ0) is 12.4. The van der Waals surface area contributed by atoms with Crippen molar-refractivity contribution in [3.63, 3.8) is 0 Å². The molecule has 0 saturated heterocycles. The van der Waals surface area contributed by atoms with Crippen LogP contribution in [0.4, 0.5) is 0 Å². The summed E-state index contributed by atoms with van der Waals surface area (Å²) < 4.78 is 0. The quantitative estimate of drug-likeness (QED) is 0.865. The third kappa shape index (κ3) is 2.30. The number of carbonyl (C=O) groups is 2. The van der Waals surface area contributed by atoms with E-state index >= 15 is 0 Å². The van der Waals surface area contributed by atoms with Crippen LogP contribution in [0.15, 0.2) is 24.3 Å². The van der Waals surface area contributed by atoms with Gasteiger partial charge < -0.3 is 10.0 Å². The van der Waals surface area contributed by atoms with E-state index in [1.807, 2.05) is 6.92 Å². The van der Waals surface area contributed by atoms with E-state index in [-0.39, 0.29) is 17.0 Å². The van der Waals surface area contributed by atoms with Gasteiger partial charge in [-0.2, -0.15) is 0 Å². The Bertz CT molecular complexity index is 452. The van der Waals surface area contributed by atoms with Crippen LogP contribution >= 0.6 is 0 Å². The van der Waals surface area contributed by atoms with E-state index in [1.165, 1.54) is 6.07 Å². The first-order chi connectivity index (χ1) is 8.15. The zero-order valence-corrected chi connectivity index (χ0v) is 9.72. The molecule has 2 rings (SSSR count). The summed E-state index contributed by atoms with van der Waals surface area (Å²) in [5, 5.41) is 9.05. The molecule has 0 atom stereocenters. The minimum absolute atomic E-state index is 0.0802. The zero-order valence-electron chi connectivity index (χ0n) is 9.72. The Kier molecular flexibility index (Phi) is 3.13. The Labute approximate surface area is 99.9 Å². The van der Waals surface area contributed by atoms with E-state index in [0.29, 0.717) is 12.6 Å². The molecule has 1 amide bonds. The van der Waals surface area contributed by atoms with Gasteiger partial charge in [0.05, 0.1) is 11.1 Å². The van der Waals surface area contributed by atoms with Gasteiger partial charge in [-0.05, 0) is 31.9 Å². The number of hydrogen-bond donors (Lipinski definition) is 1. The number of carboxylic acids is 1. The van der Waals surface area contributed by atoms with Gasteiger partial charge in [0.1, 0.15) is 0 Å². The highest BCUT2D eigenvalue weighted by molar-refractivity contribution is 6.04. The highest BCUT2D eigenvalue weighted by Gasteiger charge is 2.33. The standard InChI is InChI=1S/C13H15NO3/c1-2-14(9-7-8-9)12(15)10-5-3-4-6-11(10)13(16)17/h3-6,9H,2,7-8H2,1H3,(H,16,17). The lowest BCUT2D eigenvalue weighted by atomic mass is 10.1. The van der Waals surface area contributed by atoms with E-state index < -0.39 is 5.97 Å². The van der Waals surface area contributed by atoms with Crippen molar-refractivity contribution in [2.75, 3.05) is 6.54 Å². The summed E-state index contributed by atoms with van der Waals surface area (Å²) in [4.78, 5) is 25.0. The summed E-state index contributed by atoms with van der Waals surface area (Å²) in [6, 6.07) is 6.68. The molecule has 0 bridgehead atoms. The Morgan fingerprint density at radius 3 is 2.35 bits per heavy atom. The van der Waals surface area contributed by atoms with Gasteiger partial charge in [-0.1, -0.05) is 12.1 Å². The maximum Gasteiger partial charge on any atom is 0.336 e. The average Bonchev–Trinajstić information content (AvgIpc) is 3.14. The molecule has 90 valence electrons. The van der Waals surface area contributed by atoms with Crippen LogP contribution in [0.2, 0.25) is 0 Å². The van der Waals surface area contributed by atoms with Gasteiger partial charge in [0.25, 0.3) is 5.91 Å². The Hall–Kier alpha value is -1.84. The Morgan fingerprint density at radius 1 is 1.29 bits per heavy atom. The summed E-state index contributed by atoms with van der Waals surface area (Å²) in [5.41, 5.74) is 0.366. The van der Waals surface area contributed by atoms with Crippen LogP contribution in [-0.2, 0) is 0 Å². The molecule has 0 aliphatic heterocycles. The highest BCUT2D eigenvalue weighted by Crippen LogP contribution is 2.28. The van der Waals surface area contributed by atoms with Crippen molar-refractivity contribution in [3.05, 3.63) is 35.4 Å². The third-order valence-electron chi connectivity index (χ3n) is 2.98. The third-order valence-corrected chi connectivity index (χ3v) is 2.98. The number of nitrogens with zero attached hydrogens (tertiary/aromatic N) is 1. The second-order valence-corrected chi connectivity index (χ2v) is 4.17. The van der Waals surface area contributed by atoms with Crippen LogP contribution in [0.25, 0.3) is 0 Å². The molecule has 17 heavy (non-hydrogen) atoms. The second kappa shape index (κ2) is 4.57. The summed E-state index contributed by atoms with van der Waals surface area (Å²) in [5.74, 6) is -1.23. The summed E-state index contributed by atoms with van der Waals surface area (Å²) in [6.45, 7) is 2.54. The van der Waals surface area contributed by atoms with Gasteiger partial charge in [0.2, 0.25) is 0 Å². The van der Waals surface area contributed by atoms with E-state index in [9.17, 15) is 9.59 Å². The van der Waals surface area contributed by atoms with Crippen LogP contribution in [0.3, 0.4) is 0 Å². The molecule has 1 fully saturated rings. The fraction of sp³-hybridized carbons (Fsp3) is 0.385. The first kappa shape index (κ1) is 11.6. The van der Waals surface area contributed by atoms with Crippen LogP contribution in [0.5, 0.6) is 0 Å². The predicted octanol–water partition coefficient (Wildman–Crippen LogP) is 2.01. The van der Waals surface area contributed by atoms with E-state index in [4.69, 9.17) is 5.11 Å². The van der Waals surface area contributed by atoms with Crippen molar-refractivity contribution in [1.29, 1.82) is 0 Å². The molecule has 0 unspecified atom stereocenters. The molecule has 0 radical (unpaired) electrons. The summed E-state index contributed by atoms with van der Waals surface area (Å²) >= 11 is 0. The van der Waals surface area contributed by atoms with Gasteiger partial charge in [-0.25, -0.2) is 4.79 Å². The number of carboxylic acid groups (broad SMARTS) is 1. The van der Waals surface area contributed by atoms with Crippen molar-refractivity contribution in [2.24, 2.45) is 0 Å². The molecular formula is C13H15NO3. The fourth-order valence-electron chi connectivity index (χ4n) is 1.96. The SMILES string of the molecule is CCN(C(=O)c1ccccc1C(=O)O)C1CC1. The number of carbonyl (C=O) groups excluding carboxylic acids is 1. The minimum atomic E-state index is -1.05. The van der Waals surface area contributed by atoms with Crippen LogP contribution in [-0.4, -0.2) is 34.5 Å². The highest BCUT2D eigenvalue weighted by atomic mass is 16.4. The normalized spacial score (nSPS) is 14.4. The molecule has 0 aromatic heterocycles. The lowest BCUT2D eigenvalue weighted by Crippen LogP contribution is -2.33. The first-order valence-corrected chi connectivity index (χ1v) is 5.78. The molecule has 1 saturated carbocycles. The van der Waals surface area contributed by atoms with Crippen molar-refractivity contribution in [2.45, 2.75) is 25.8 Å². The predicted molar refractivity (Wildman–Crippen MR) is 63.1 cm³/mol. The molecule has 1 aromatic rings. The van der Waals surface area contributed by atoms with Crippen LogP contribution < -0.4 is 0 Å². The van der Waals surface area contributed by atoms with E-state index in [0.717, 1.165) is 12.8 Å². The molecule has 0 heterocycles. The number of aromatic carboxylic acids is 1. The van der Waals surface area contributed by atoms with E-state index in [2.05, 4.69) is 0 Å². The number of rotatable bonds is 4. The van der Waals surface area contributed by atoms with Gasteiger partial charge in [0.15, 0.2) is 0 Å². The number of amides is 1. The number of hydrogen-bond acceptors (Lipinski definition) is 2. The largest absolute Gasteiger partial charge is 0.478 e. The molecule has 4 nitrogen and oxygen atoms in total. The summed E-state index contributed by atoms with van der Waals surface area (Å²) in [6.07, 6.45) is 2.05. The average molecular weight is 233 g/mol. The smallest absolute Gasteiger partial charge is 0.336 e. The lowest BCUT2D eigenvalue weighted by Gasteiger charge is -2.21. The Morgan fingerprint density at radius 2 is 1.88 bits per heavy atom. The maximum absolute atomic E-state index is 12.2. The van der Waals surface area contributed by atoms with Crippen molar-refractivity contribution in [3.8, 4) is 0 Å². The van der Waals surface area contributed by atoms with Gasteiger partial charge >= 0.3 is 5.97 Å². The monoisotopic (exact) mass is 233 g/mol. The molecule has 1 N–H and O–H groups in total. The lowest BCUT2D eigenvalue weighted by molar-refractivity contribution is 0.0674. The van der Waals surface area contributed by atoms with Gasteiger partial charge in [-0.15, -0.1) is 0 Å². The number of benzene rings is 1. The van der Waals surface area contributed by atoms with Crippen molar-refractivity contribution < 1.29 is 14.7 Å². The van der Waals surface area contributed by atoms with Crippen molar-refractivity contribution >= 4 is 11.9 Å². The second-order valence-electron chi connectivity index (χ2n) is 4.17. The van der Waals surface area contributed by atoms with Gasteiger partial charge in [-0.3, -0.25) is 4.79 Å². The minimum Gasteiger partial charge on any atom is -0.478 e. The molecule has 4 heteroatoms. The summed E-state index contributed by atoms with van der Waals surface area (Å²) in [7, 11) is 0. The van der Waals surface area contributed by atoms with Crippen LogP contribution in [0.1, 0.15) is 40.5 Å². The van der Waals surface area contributed by atoms with Crippen LogP contribution in [0, 0.1) is 0 Å². The topological polar surface area (TPSA) is 57.6 Å². The molecule has 1 aromatic carbocycles. The molecule has 1 aliphatic rings. The van der Waals surface area contributed by atoms with Gasteiger partial charge in [0, 0.05) is 12.6 Å². The molecule has 1 aliphatic carbocycles. The Balaban J connectivity index is 2.32. The fourth-order valence-corrected chi connectivity index (χ4v) is 1.96. The molecular weight excluding hydrogens is 218 g/mol.